The van der Waals surface area contributed by atoms with Gasteiger partial charge in [-0.1, -0.05) is 12.1 Å². The average molecular weight is 418 g/mol. The summed E-state index contributed by atoms with van der Waals surface area (Å²) in [5.74, 6) is -0.390. The van der Waals surface area contributed by atoms with Crippen LogP contribution in [0.1, 0.15) is 12.8 Å². The van der Waals surface area contributed by atoms with Crippen LogP contribution in [0.15, 0.2) is 42.5 Å². The van der Waals surface area contributed by atoms with E-state index in [2.05, 4.69) is 10.3 Å². The third-order valence-corrected chi connectivity index (χ3v) is 7.08. The number of hydrogen-bond acceptors (Lipinski definition) is 6. The van der Waals surface area contributed by atoms with Crippen LogP contribution in [-0.4, -0.2) is 47.6 Å². The minimum absolute atomic E-state index is 0.00301. The molecule has 9 heteroatoms. The Morgan fingerprint density at radius 2 is 2.07 bits per heavy atom. The number of carbonyl (C=O) groups excluding carboxylic acids is 1. The highest BCUT2D eigenvalue weighted by Crippen LogP contribution is 2.36. The highest BCUT2D eigenvalue weighted by molar-refractivity contribution is 7.88. The molecule has 7 nitrogen and oxygen atoms in total. The lowest BCUT2D eigenvalue weighted by atomic mass is 10.1. The molecule has 146 valence electrons. The molecule has 1 saturated heterocycles. The summed E-state index contributed by atoms with van der Waals surface area (Å²) < 4.78 is 25.9. The second kappa shape index (κ2) is 7.16. The fourth-order valence-electron chi connectivity index (χ4n) is 3.40. The lowest BCUT2D eigenvalue weighted by Gasteiger charge is -2.21. The SMILES string of the molecule is CS(=O)(=O)N1CCCC1C(=O)Nc1ccc(-c2nc3ccccc3s2)c(O)c1. The zero-order valence-electron chi connectivity index (χ0n) is 15.1. The van der Waals surface area contributed by atoms with E-state index in [0.717, 1.165) is 16.5 Å². The van der Waals surface area contributed by atoms with Crippen LogP contribution in [0.3, 0.4) is 0 Å². The Labute approximate surface area is 166 Å². The fourth-order valence-corrected chi connectivity index (χ4v) is 5.53. The Hall–Kier alpha value is -2.49. The summed E-state index contributed by atoms with van der Waals surface area (Å²) in [6, 6.07) is 11.8. The van der Waals surface area contributed by atoms with Crippen molar-refractivity contribution in [2.45, 2.75) is 18.9 Å². The number of nitrogens with one attached hydrogen (secondary N) is 1. The molecule has 0 bridgehead atoms. The lowest BCUT2D eigenvalue weighted by Crippen LogP contribution is -2.42. The molecule has 4 rings (SSSR count). The first-order chi connectivity index (χ1) is 13.3. The van der Waals surface area contributed by atoms with Gasteiger partial charge in [0.1, 0.15) is 16.8 Å². The van der Waals surface area contributed by atoms with Gasteiger partial charge >= 0.3 is 0 Å². The molecular weight excluding hydrogens is 398 g/mol. The van der Waals surface area contributed by atoms with E-state index in [4.69, 9.17) is 0 Å². The first-order valence-electron chi connectivity index (χ1n) is 8.79. The van der Waals surface area contributed by atoms with Crippen LogP contribution in [0.5, 0.6) is 5.75 Å². The monoisotopic (exact) mass is 417 g/mol. The van der Waals surface area contributed by atoms with Gasteiger partial charge in [0.15, 0.2) is 0 Å². The zero-order valence-corrected chi connectivity index (χ0v) is 16.8. The zero-order chi connectivity index (χ0) is 19.9. The fraction of sp³-hybridized carbons (Fsp3) is 0.263. The molecule has 1 amide bonds. The van der Waals surface area contributed by atoms with Crippen molar-refractivity contribution in [3.8, 4) is 16.3 Å². The summed E-state index contributed by atoms with van der Waals surface area (Å²) >= 11 is 1.48. The number of anilines is 1. The van der Waals surface area contributed by atoms with Gasteiger partial charge in [-0.2, -0.15) is 4.31 Å². The van der Waals surface area contributed by atoms with E-state index in [1.807, 2.05) is 24.3 Å². The smallest absolute Gasteiger partial charge is 0.242 e. The molecule has 28 heavy (non-hydrogen) atoms. The molecule has 1 aliphatic heterocycles. The van der Waals surface area contributed by atoms with Gasteiger partial charge in [-0.15, -0.1) is 11.3 Å². The molecule has 2 heterocycles. The number of hydrogen-bond donors (Lipinski definition) is 2. The van der Waals surface area contributed by atoms with E-state index in [-0.39, 0.29) is 5.75 Å². The van der Waals surface area contributed by atoms with E-state index in [0.29, 0.717) is 35.6 Å². The van der Waals surface area contributed by atoms with Crippen molar-refractivity contribution in [3.05, 3.63) is 42.5 Å². The van der Waals surface area contributed by atoms with Crippen molar-refractivity contribution in [2.75, 3.05) is 18.1 Å². The standard InChI is InChI=1S/C19H19N3O4S2/c1-28(25,26)22-10-4-6-15(22)18(24)20-12-8-9-13(16(23)11-12)19-21-14-5-2-3-7-17(14)27-19/h2-3,5,7-9,11,15,23H,4,6,10H2,1H3,(H,20,24). The summed E-state index contributed by atoms with van der Waals surface area (Å²) in [5, 5.41) is 13.8. The van der Waals surface area contributed by atoms with E-state index in [1.165, 1.54) is 21.7 Å². The number of sulfonamides is 1. The average Bonchev–Trinajstić information content (AvgIpc) is 3.28. The Morgan fingerprint density at radius 1 is 1.29 bits per heavy atom. The number of benzene rings is 2. The molecule has 1 atom stereocenters. The largest absolute Gasteiger partial charge is 0.507 e. The van der Waals surface area contributed by atoms with E-state index < -0.39 is 22.0 Å². The van der Waals surface area contributed by atoms with Gasteiger partial charge in [0.25, 0.3) is 0 Å². The normalized spacial score (nSPS) is 17.8. The molecule has 0 saturated carbocycles. The highest BCUT2D eigenvalue weighted by Gasteiger charge is 2.36. The lowest BCUT2D eigenvalue weighted by molar-refractivity contribution is -0.119. The van der Waals surface area contributed by atoms with Crippen molar-refractivity contribution in [1.29, 1.82) is 0 Å². The third-order valence-electron chi connectivity index (χ3n) is 4.72. The van der Waals surface area contributed by atoms with Gasteiger partial charge in [0.2, 0.25) is 15.9 Å². The number of phenolic OH excluding ortho intramolecular Hbond substituents is 1. The number of phenols is 1. The van der Waals surface area contributed by atoms with E-state index >= 15 is 0 Å². The summed E-state index contributed by atoms with van der Waals surface area (Å²) in [5.41, 5.74) is 1.85. The third kappa shape index (κ3) is 3.60. The second-order valence-corrected chi connectivity index (χ2v) is 9.71. The van der Waals surface area contributed by atoms with Gasteiger partial charge < -0.3 is 10.4 Å². The molecule has 0 aliphatic carbocycles. The van der Waals surface area contributed by atoms with Crippen LogP contribution in [0.4, 0.5) is 5.69 Å². The van der Waals surface area contributed by atoms with E-state index in [1.54, 1.807) is 12.1 Å². The summed E-state index contributed by atoms with van der Waals surface area (Å²) in [6.07, 6.45) is 2.23. The van der Waals surface area contributed by atoms with Crippen molar-refractivity contribution in [3.63, 3.8) is 0 Å². The predicted octanol–water partition coefficient (Wildman–Crippen LogP) is 3.03. The number of fused-ring (bicyclic) bond motifs is 1. The molecule has 1 aliphatic rings. The topological polar surface area (TPSA) is 99.6 Å². The minimum Gasteiger partial charge on any atom is -0.507 e. The number of para-hydroxylation sites is 1. The maximum Gasteiger partial charge on any atom is 0.242 e. The van der Waals surface area contributed by atoms with Crippen molar-refractivity contribution >= 4 is 43.2 Å². The Kier molecular flexibility index (Phi) is 4.82. The number of aromatic hydroxyl groups is 1. The van der Waals surface area contributed by atoms with Gasteiger partial charge in [0, 0.05) is 18.3 Å². The second-order valence-electron chi connectivity index (χ2n) is 6.74. The summed E-state index contributed by atoms with van der Waals surface area (Å²) in [6.45, 7) is 0.346. The maximum absolute atomic E-state index is 12.5. The number of aromatic nitrogens is 1. The van der Waals surface area contributed by atoms with Gasteiger partial charge in [-0.05, 0) is 37.1 Å². The van der Waals surface area contributed by atoms with Crippen LogP contribution in [0.2, 0.25) is 0 Å². The van der Waals surface area contributed by atoms with Crippen LogP contribution in [0, 0.1) is 0 Å². The number of carbonyl (C=O) groups is 1. The molecule has 0 radical (unpaired) electrons. The number of nitrogens with zero attached hydrogens (tertiary/aromatic N) is 2. The Morgan fingerprint density at radius 3 is 2.79 bits per heavy atom. The molecule has 1 unspecified atom stereocenters. The molecule has 3 aromatic rings. The number of thiazole rings is 1. The molecular formula is C19H19N3O4S2. The van der Waals surface area contributed by atoms with Gasteiger partial charge in [-0.3, -0.25) is 4.79 Å². The molecule has 1 fully saturated rings. The van der Waals surface area contributed by atoms with Crippen molar-refractivity contribution in [2.24, 2.45) is 0 Å². The molecule has 1 aromatic heterocycles. The molecule has 2 N–H and O–H groups in total. The highest BCUT2D eigenvalue weighted by atomic mass is 32.2. The quantitative estimate of drug-likeness (QED) is 0.680. The summed E-state index contributed by atoms with van der Waals surface area (Å²) in [4.78, 5) is 17.1. The molecule has 0 spiro atoms. The Bertz CT molecular complexity index is 1120. The Balaban J connectivity index is 1.55. The van der Waals surface area contributed by atoms with Crippen molar-refractivity contribution < 1.29 is 18.3 Å². The number of amides is 1. The van der Waals surface area contributed by atoms with Gasteiger partial charge in [0.05, 0.1) is 22.0 Å². The van der Waals surface area contributed by atoms with Crippen LogP contribution >= 0.6 is 11.3 Å². The summed E-state index contributed by atoms with van der Waals surface area (Å²) in [7, 11) is -3.44. The van der Waals surface area contributed by atoms with Gasteiger partial charge in [-0.25, -0.2) is 13.4 Å². The minimum atomic E-state index is -3.44. The number of rotatable bonds is 4. The van der Waals surface area contributed by atoms with Crippen LogP contribution in [-0.2, 0) is 14.8 Å². The maximum atomic E-state index is 12.5. The first kappa shape index (κ1) is 18.9. The van der Waals surface area contributed by atoms with Crippen LogP contribution < -0.4 is 5.32 Å². The van der Waals surface area contributed by atoms with Crippen molar-refractivity contribution in [1.82, 2.24) is 9.29 Å². The van der Waals surface area contributed by atoms with E-state index in [9.17, 15) is 18.3 Å². The first-order valence-corrected chi connectivity index (χ1v) is 11.5. The molecule has 2 aromatic carbocycles. The van der Waals surface area contributed by atoms with Crippen LogP contribution in [0.25, 0.3) is 20.8 Å². The predicted molar refractivity (Wildman–Crippen MR) is 110 cm³/mol.